The smallest absolute Gasteiger partial charge is 0.120 e. The maximum atomic E-state index is 4.32. The molecule has 2 N–H and O–H groups in total. The van der Waals surface area contributed by atoms with Gasteiger partial charge < -0.3 is 10.3 Å². The summed E-state index contributed by atoms with van der Waals surface area (Å²) >= 11 is 0. The minimum atomic E-state index is 0.446. The molecule has 90 valence electrons. The van der Waals surface area contributed by atoms with Crippen molar-refractivity contribution in [1.29, 1.82) is 0 Å². The molecule has 0 unspecified atom stereocenters. The third-order valence-corrected chi connectivity index (χ3v) is 2.44. The van der Waals surface area contributed by atoms with Crippen LogP contribution in [0.25, 0.3) is 11.4 Å². The summed E-state index contributed by atoms with van der Waals surface area (Å²) in [5.41, 5.74) is 2.67. The Morgan fingerprint density at radius 3 is 2.71 bits per heavy atom. The lowest BCUT2D eigenvalue weighted by Crippen LogP contribution is -2.22. The van der Waals surface area contributed by atoms with E-state index in [2.05, 4.69) is 39.1 Å². The third kappa shape index (κ3) is 2.88. The number of nitrogens with zero attached hydrogens (tertiary/aromatic N) is 3. The van der Waals surface area contributed by atoms with E-state index in [-0.39, 0.29) is 0 Å². The first-order valence-electron chi connectivity index (χ1n) is 5.72. The van der Waals surface area contributed by atoms with Crippen LogP contribution in [0.3, 0.4) is 0 Å². The van der Waals surface area contributed by atoms with Crippen LogP contribution < -0.4 is 5.32 Å². The Kier molecular flexibility index (Phi) is 3.49. The maximum absolute atomic E-state index is 4.32. The summed E-state index contributed by atoms with van der Waals surface area (Å²) < 4.78 is 0. The summed E-state index contributed by atoms with van der Waals surface area (Å²) in [6.45, 7) is 6.89. The first-order chi connectivity index (χ1) is 8.16. The molecule has 0 bridgehead atoms. The van der Waals surface area contributed by atoms with Crippen molar-refractivity contribution in [3.63, 3.8) is 0 Å². The monoisotopic (exact) mass is 231 g/mol. The number of aromatic amines is 1. The summed E-state index contributed by atoms with van der Waals surface area (Å²) in [5.74, 6) is 0.916. The molecule has 0 aliphatic rings. The van der Waals surface area contributed by atoms with E-state index >= 15 is 0 Å². The molecule has 0 amide bonds. The fourth-order valence-electron chi connectivity index (χ4n) is 1.55. The first-order valence-corrected chi connectivity index (χ1v) is 5.72. The quantitative estimate of drug-likeness (QED) is 0.840. The molecule has 0 fully saturated rings. The van der Waals surface area contributed by atoms with Crippen LogP contribution in [0.15, 0.2) is 18.6 Å². The highest BCUT2D eigenvalue weighted by atomic mass is 15.0. The van der Waals surface area contributed by atoms with E-state index in [0.29, 0.717) is 6.04 Å². The van der Waals surface area contributed by atoms with Crippen LogP contribution in [0.1, 0.15) is 25.4 Å². The molecule has 17 heavy (non-hydrogen) atoms. The second kappa shape index (κ2) is 5.05. The number of imidazole rings is 1. The van der Waals surface area contributed by atoms with E-state index in [0.717, 1.165) is 29.5 Å². The largest absolute Gasteiger partial charge is 0.340 e. The number of H-pyrrole nitrogens is 1. The van der Waals surface area contributed by atoms with E-state index in [1.165, 1.54) is 0 Å². The number of nitrogens with one attached hydrogen (secondary N) is 2. The first kappa shape index (κ1) is 11.7. The average Bonchev–Trinajstić information content (AvgIpc) is 2.75. The lowest BCUT2D eigenvalue weighted by atomic mass is 10.2. The van der Waals surface area contributed by atoms with E-state index in [4.69, 9.17) is 0 Å². The predicted octanol–water partition coefficient (Wildman–Crippen LogP) is 1.67. The Morgan fingerprint density at radius 1 is 1.24 bits per heavy atom. The van der Waals surface area contributed by atoms with E-state index in [9.17, 15) is 0 Å². The molecule has 0 spiro atoms. The van der Waals surface area contributed by atoms with Crippen molar-refractivity contribution in [3.8, 4) is 11.4 Å². The average molecular weight is 231 g/mol. The highest BCUT2D eigenvalue weighted by molar-refractivity contribution is 5.55. The van der Waals surface area contributed by atoms with Crippen LogP contribution in [0, 0.1) is 6.92 Å². The molecule has 0 radical (unpaired) electrons. The molecule has 0 aliphatic heterocycles. The molecule has 0 saturated heterocycles. The highest BCUT2D eigenvalue weighted by Gasteiger charge is 2.07. The zero-order valence-electron chi connectivity index (χ0n) is 10.4. The van der Waals surface area contributed by atoms with Crippen molar-refractivity contribution in [2.75, 3.05) is 0 Å². The van der Waals surface area contributed by atoms with E-state index in [1.54, 1.807) is 18.6 Å². The summed E-state index contributed by atoms with van der Waals surface area (Å²) in [5, 5.41) is 3.31. The van der Waals surface area contributed by atoms with Crippen LogP contribution in [0.4, 0.5) is 0 Å². The lowest BCUT2D eigenvalue weighted by molar-refractivity contribution is 0.575. The van der Waals surface area contributed by atoms with Crippen molar-refractivity contribution >= 4 is 0 Å². The predicted molar refractivity (Wildman–Crippen MR) is 66.3 cm³/mol. The van der Waals surface area contributed by atoms with Gasteiger partial charge in [-0.1, -0.05) is 13.8 Å². The molecule has 2 rings (SSSR count). The summed E-state index contributed by atoms with van der Waals surface area (Å²) in [7, 11) is 0. The molecule has 0 aliphatic carbocycles. The topological polar surface area (TPSA) is 66.5 Å². The number of hydrogen-bond donors (Lipinski definition) is 2. The van der Waals surface area contributed by atoms with Gasteiger partial charge in [-0.2, -0.15) is 0 Å². The van der Waals surface area contributed by atoms with Crippen LogP contribution in [0.2, 0.25) is 0 Å². The Balaban J connectivity index is 2.16. The van der Waals surface area contributed by atoms with E-state index < -0.39 is 0 Å². The Bertz CT molecular complexity index is 489. The van der Waals surface area contributed by atoms with Gasteiger partial charge in [0.2, 0.25) is 0 Å². The van der Waals surface area contributed by atoms with Crippen molar-refractivity contribution in [3.05, 3.63) is 30.1 Å². The summed E-state index contributed by atoms with van der Waals surface area (Å²) in [6, 6.07) is 0.446. The van der Waals surface area contributed by atoms with Crippen LogP contribution in [0.5, 0.6) is 0 Å². The fourth-order valence-corrected chi connectivity index (χ4v) is 1.55. The number of rotatable bonds is 4. The van der Waals surface area contributed by atoms with Gasteiger partial charge in [-0.15, -0.1) is 0 Å². The number of hydrogen-bond acceptors (Lipinski definition) is 4. The van der Waals surface area contributed by atoms with Gasteiger partial charge in [0.15, 0.2) is 0 Å². The van der Waals surface area contributed by atoms with Gasteiger partial charge in [0.1, 0.15) is 11.5 Å². The zero-order chi connectivity index (χ0) is 12.3. The van der Waals surface area contributed by atoms with Crippen LogP contribution in [-0.2, 0) is 6.54 Å². The fraction of sp³-hybridized carbons (Fsp3) is 0.417. The van der Waals surface area contributed by atoms with Gasteiger partial charge in [-0.25, -0.2) is 4.98 Å². The molecule has 0 saturated carbocycles. The summed E-state index contributed by atoms with van der Waals surface area (Å²) in [6.07, 6.45) is 5.18. The van der Waals surface area contributed by atoms with Gasteiger partial charge in [-0.05, 0) is 6.92 Å². The van der Waals surface area contributed by atoms with Crippen molar-refractivity contribution in [2.45, 2.75) is 33.4 Å². The molecule has 0 atom stereocenters. The molecular weight excluding hydrogens is 214 g/mol. The second-order valence-corrected chi connectivity index (χ2v) is 4.27. The minimum Gasteiger partial charge on any atom is -0.340 e. The number of aryl methyl sites for hydroxylation is 1. The third-order valence-electron chi connectivity index (χ3n) is 2.44. The maximum Gasteiger partial charge on any atom is 0.120 e. The van der Waals surface area contributed by atoms with Gasteiger partial charge in [-0.3, -0.25) is 9.97 Å². The lowest BCUT2D eigenvalue weighted by Gasteiger charge is -2.05. The molecule has 2 heterocycles. The number of aromatic nitrogens is 4. The molecule has 0 aromatic carbocycles. The van der Waals surface area contributed by atoms with Crippen molar-refractivity contribution in [2.24, 2.45) is 0 Å². The van der Waals surface area contributed by atoms with E-state index in [1.807, 2.05) is 6.92 Å². The minimum absolute atomic E-state index is 0.446. The highest BCUT2D eigenvalue weighted by Crippen LogP contribution is 2.16. The molecule has 2 aromatic heterocycles. The Hall–Kier alpha value is -1.75. The second-order valence-electron chi connectivity index (χ2n) is 4.27. The molecule has 5 nitrogen and oxygen atoms in total. The zero-order valence-corrected chi connectivity index (χ0v) is 10.4. The standard InChI is InChI=1S/C12H17N5/c1-8(2)15-7-11-16-6-10(17-11)12-9(3)13-4-5-14-12/h4-6,8,15H,7H2,1-3H3,(H,16,17). The van der Waals surface area contributed by atoms with Crippen LogP contribution >= 0.6 is 0 Å². The molecular formula is C12H17N5. The van der Waals surface area contributed by atoms with Crippen molar-refractivity contribution < 1.29 is 0 Å². The normalized spacial score (nSPS) is 11.1. The van der Waals surface area contributed by atoms with Gasteiger partial charge in [0, 0.05) is 18.4 Å². The van der Waals surface area contributed by atoms with Gasteiger partial charge in [0.05, 0.1) is 24.1 Å². The Labute approximate surface area is 101 Å². The Morgan fingerprint density at radius 2 is 2.00 bits per heavy atom. The SMILES string of the molecule is Cc1nccnc1-c1cnc(CNC(C)C)[nH]1. The molecule has 5 heteroatoms. The van der Waals surface area contributed by atoms with Gasteiger partial charge in [0.25, 0.3) is 0 Å². The van der Waals surface area contributed by atoms with Crippen molar-refractivity contribution in [1.82, 2.24) is 25.3 Å². The van der Waals surface area contributed by atoms with Gasteiger partial charge >= 0.3 is 0 Å². The summed E-state index contributed by atoms with van der Waals surface area (Å²) in [4.78, 5) is 16.1. The van der Waals surface area contributed by atoms with Crippen LogP contribution in [-0.4, -0.2) is 26.0 Å². The molecule has 2 aromatic rings.